The van der Waals surface area contributed by atoms with Crippen LogP contribution < -0.4 is 5.32 Å². The number of rotatable bonds is 4. The minimum absolute atomic E-state index is 0.296. The molecule has 0 aromatic heterocycles. The molecule has 6 heteroatoms. The van der Waals surface area contributed by atoms with Crippen LogP contribution >= 0.6 is 15.9 Å². The van der Waals surface area contributed by atoms with E-state index in [4.69, 9.17) is 0 Å². The molecule has 2 rings (SSSR count). The first-order valence-corrected chi connectivity index (χ1v) is 7.95. The first kappa shape index (κ1) is 12.9. The number of nitrogens with zero attached hydrogens (tertiary/aromatic N) is 1. The SMILES string of the molecule is O=S1(=O)CCCN1CCNc1cccc(Br)c1. The zero-order valence-corrected chi connectivity index (χ0v) is 11.8. The van der Waals surface area contributed by atoms with Crippen molar-refractivity contribution in [1.82, 2.24) is 4.31 Å². The summed E-state index contributed by atoms with van der Waals surface area (Å²) in [5.41, 5.74) is 0.996. The molecular weight excluding hydrogens is 304 g/mol. The van der Waals surface area contributed by atoms with E-state index in [2.05, 4.69) is 21.2 Å². The van der Waals surface area contributed by atoms with Gasteiger partial charge in [0.15, 0.2) is 0 Å². The van der Waals surface area contributed by atoms with Crippen molar-refractivity contribution >= 4 is 31.6 Å². The van der Waals surface area contributed by atoms with E-state index >= 15 is 0 Å². The van der Waals surface area contributed by atoms with Gasteiger partial charge in [-0.25, -0.2) is 12.7 Å². The van der Waals surface area contributed by atoms with Gasteiger partial charge in [-0.15, -0.1) is 0 Å². The molecule has 0 bridgehead atoms. The fourth-order valence-electron chi connectivity index (χ4n) is 1.87. The molecule has 0 atom stereocenters. The van der Waals surface area contributed by atoms with Gasteiger partial charge >= 0.3 is 0 Å². The van der Waals surface area contributed by atoms with Crippen LogP contribution in [0.15, 0.2) is 28.7 Å². The largest absolute Gasteiger partial charge is 0.384 e. The minimum atomic E-state index is -2.97. The summed E-state index contributed by atoms with van der Waals surface area (Å²) in [6, 6.07) is 7.83. The van der Waals surface area contributed by atoms with Crippen LogP contribution in [0.1, 0.15) is 6.42 Å². The van der Waals surface area contributed by atoms with Crippen molar-refractivity contribution in [1.29, 1.82) is 0 Å². The molecule has 0 saturated carbocycles. The van der Waals surface area contributed by atoms with Crippen molar-refractivity contribution in [3.8, 4) is 0 Å². The van der Waals surface area contributed by atoms with Gasteiger partial charge in [0.05, 0.1) is 5.75 Å². The molecular formula is C11H15BrN2O2S. The van der Waals surface area contributed by atoms with Crippen molar-refractivity contribution in [2.24, 2.45) is 0 Å². The fourth-order valence-corrected chi connectivity index (χ4v) is 3.79. The molecule has 1 N–H and O–H groups in total. The maximum Gasteiger partial charge on any atom is 0.214 e. The Kier molecular flexibility index (Phi) is 4.06. The van der Waals surface area contributed by atoms with E-state index in [9.17, 15) is 8.42 Å². The molecule has 17 heavy (non-hydrogen) atoms. The van der Waals surface area contributed by atoms with Crippen molar-refractivity contribution in [2.75, 3.05) is 30.7 Å². The topological polar surface area (TPSA) is 49.4 Å². The highest BCUT2D eigenvalue weighted by molar-refractivity contribution is 9.10. The van der Waals surface area contributed by atoms with E-state index in [-0.39, 0.29) is 0 Å². The molecule has 0 unspecified atom stereocenters. The van der Waals surface area contributed by atoms with Crippen LogP contribution in [0.3, 0.4) is 0 Å². The molecule has 94 valence electrons. The lowest BCUT2D eigenvalue weighted by atomic mass is 10.3. The number of anilines is 1. The van der Waals surface area contributed by atoms with Gasteiger partial charge in [0.25, 0.3) is 0 Å². The molecule has 4 nitrogen and oxygen atoms in total. The monoisotopic (exact) mass is 318 g/mol. The Balaban J connectivity index is 1.84. The third-order valence-electron chi connectivity index (χ3n) is 2.72. The van der Waals surface area contributed by atoms with Gasteiger partial charge in [-0.05, 0) is 24.6 Å². The number of sulfonamides is 1. The number of halogens is 1. The van der Waals surface area contributed by atoms with Crippen LogP contribution in [0, 0.1) is 0 Å². The Labute approximate surface area is 110 Å². The van der Waals surface area contributed by atoms with Gasteiger partial charge in [0, 0.05) is 29.8 Å². The predicted octanol–water partition coefficient (Wildman–Crippen LogP) is 1.90. The molecule has 1 aromatic rings. The van der Waals surface area contributed by atoms with Gasteiger partial charge in [-0.2, -0.15) is 0 Å². The van der Waals surface area contributed by atoms with Crippen LogP contribution in [0.2, 0.25) is 0 Å². The number of benzene rings is 1. The summed E-state index contributed by atoms with van der Waals surface area (Å²) in [5, 5.41) is 3.21. The predicted molar refractivity (Wildman–Crippen MR) is 72.6 cm³/mol. The lowest BCUT2D eigenvalue weighted by Crippen LogP contribution is -2.30. The van der Waals surface area contributed by atoms with Crippen molar-refractivity contribution in [3.63, 3.8) is 0 Å². The number of nitrogens with one attached hydrogen (secondary N) is 1. The molecule has 0 amide bonds. The Morgan fingerprint density at radius 2 is 2.24 bits per heavy atom. The van der Waals surface area contributed by atoms with E-state index in [0.29, 0.717) is 25.4 Å². The maximum atomic E-state index is 11.5. The average molecular weight is 319 g/mol. The van der Waals surface area contributed by atoms with Crippen LogP contribution in [-0.4, -0.2) is 38.1 Å². The number of hydrogen-bond acceptors (Lipinski definition) is 3. The zero-order valence-electron chi connectivity index (χ0n) is 9.39. The maximum absolute atomic E-state index is 11.5. The third kappa shape index (κ3) is 3.43. The van der Waals surface area contributed by atoms with E-state index in [1.54, 1.807) is 4.31 Å². The quantitative estimate of drug-likeness (QED) is 0.922. The van der Waals surface area contributed by atoms with Crippen molar-refractivity contribution in [2.45, 2.75) is 6.42 Å². The molecule has 0 radical (unpaired) electrons. The summed E-state index contributed by atoms with van der Waals surface area (Å²) in [5.74, 6) is 0.296. The zero-order chi connectivity index (χ0) is 12.3. The molecule has 1 saturated heterocycles. The fraction of sp³-hybridized carbons (Fsp3) is 0.455. The highest BCUT2D eigenvalue weighted by atomic mass is 79.9. The summed E-state index contributed by atoms with van der Waals surface area (Å²) in [7, 11) is -2.97. The van der Waals surface area contributed by atoms with E-state index < -0.39 is 10.0 Å². The molecule has 1 fully saturated rings. The van der Waals surface area contributed by atoms with Gasteiger partial charge in [-0.3, -0.25) is 0 Å². The summed E-state index contributed by atoms with van der Waals surface area (Å²) in [6.45, 7) is 1.83. The average Bonchev–Trinajstić information content (AvgIpc) is 2.58. The second-order valence-corrected chi connectivity index (χ2v) is 7.01. The van der Waals surface area contributed by atoms with Gasteiger partial charge in [0.1, 0.15) is 0 Å². The Bertz CT molecular complexity index is 490. The Morgan fingerprint density at radius 1 is 1.41 bits per heavy atom. The summed E-state index contributed by atoms with van der Waals surface area (Å²) in [4.78, 5) is 0. The molecule has 0 aliphatic carbocycles. The second kappa shape index (κ2) is 5.37. The lowest BCUT2D eigenvalue weighted by Gasteiger charge is -2.15. The van der Waals surface area contributed by atoms with Gasteiger partial charge < -0.3 is 5.32 Å². The highest BCUT2D eigenvalue weighted by Crippen LogP contribution is 2.16. The van der Waals surface area contributed by atoms with E-state index in [0.717, 1.165) is 16.6 Å². The standard InChI is InChI=1S/C11H15BrN2O2S/c12-10-3-1-4-11(9-10)13-5-7-14-6-2-8-17(14,15)16/h1,3-4,9,13H,2,5-8H2. The summed E-state index contributed by atoms with van der Waals surface area (Å²) >= 11 is 3.39. The van der Waals surface area contributed by atoms with Crippen molar-refractivity contribution in [3.05, 3.63) is 28.7 Å². The molecule has 1 heterocycles. The Morgan fingerprint density at radius 3 is 2.88 bits per heavy atom. The Hall–Kier alpha value is -0.590. The minimum Gasteiger partial charge on any atom is -0.384 e. The lowest BCUT2D eigenvalue weighted by molar-refractivity contribution is 0.456. The molecule has 1 aliphatic rings. The summed E-state index contributed by atoms with van der Waals surface area (Å²) in [6.07, 6.45) is 0.749. The van der Waals surface area contributed by atoms with E-state index in [1.807, 2.05) is 24.3 Å². The molecule has 0 spiro atoms. The van der Waals surface area contributed by atoms with Gasteiger partial charge in [-0.1, -0.05) is 22.0 Å². The first-order chi connectivity index (χ1) is 8.08. The molecule has 1 aromatic carbocycles. The van der Waals surface area contributed by atoms with Crippen LogP contribution in [0.25, 0.3) is 0 Å². The number of hydrogen-bond donors (Lipinski definition) is 1. The first-order valence-electron chi connectivity index (χ1n) is 5.55. The van der Waals surface area contributed by atoms with Crippen LogP contribution in [-0.2, 0) is 10.0 Å². The van der Waals surface area contributed by atoms with Crippen LogP contribution in [0.5, 0.6) is 0 Å². The van der Waals surface area contributed by atoms with E-state index in [1.165, 1.54) is 0 Å². The normalized spacial score (nSPS) is 19.4. The summed E-state index contributed by atoms with van der Waals surface area (Å²) < 4.78 is 25.7. The molecule has 1 aliphatic heterocycles. The highest BCUT2D eigenvalue weighted by Gasteiger charge is 2.27. The smallest absolute Gasteiger partial charge is 0.214 e. The van der Waals surface area contributed by atoms with Crippen LogP contribution in [0.4, 0.5) is 5.69 Å². The van der Waals surface area contributed by atoms with Crippen molar-refractivity contribution < 1.29 is 8.42 Å². The third-order valence-corrected chi connectivity index (χ3v) is 5.17. The van der Waals surface area contributed by atoms with Gasteiger partial charge in [0.2, 0.25) is 10.0 Å². The second-order valence-electron chi connectivity index (χ2n) is 4.01.